The third-order valence-electron chi connectivity index (χ3n) is 3.15. The van der Waals surface area contributed by atoms with E-state index in [4.69, 9.17) is 11.6 Å². The lowest BCUT2D eigenvalue weighted by atomic mass is 10.3. The Morgan fingerprint density at radius 2 is 2.28 bits per heavy atom. The van der Waals surface area contributed by atoms with Gasteiger partial charge in [-0.15, -0.1) is 0 Å². The molecular weight excluding hydrogens is 274 g/mol. The van der Waals surface area contributed by atoms with Gasteiger partial charge in [0, 0.05) is 25.8 Å². The molecule has 0 aromatic carbocycles. The lowest BCUT2D eigenvalue weighted by Gasteiger charge is -2.20. The minimum Gasteiger partial charge on any atom is -0.372 e. The van der Waals surface area contributed by atoms with E-state index >= 15 is 0 Å². The zero-order chi connectivity index (χ0) is 13.3. The van der Waals surface area contributed by atoms with Crippen molar-refractivity contribution in [1.82, 2.24) is 9.29 Å². The second-order valence-electron chi connectivity index (χ2n) is 4.36. The largest absolute Gasteiger partial charge is 0.372 e. The summed E-state index contributed by atoms with van der Waals surface area (Å²) in [5.41, 5.74) is 0. The first kappa shape index (κ1) is 13.6. The maximum Gasteiger partial charge on any atom is 0.244 e. The summed E-state index contributed by atoms with van der Waals surface area (Å²) in [7, 11) is -1.79. The summed E-state index contributed by atoms with van der Waals surface area (Å²) in [4.78, 5) is 4.16. The van der Waals surface area contributed by atoms with Crippen LogP contribution in [-0.2, 0) is 10.0 Å². The number of hydrogen-bond donors (Lipinski definition) is 1. The lowest BCUT2D eigenvalue weighted by Crippen LogP contribution is -2.33. The molecule has 0 radical (unpaired) electrons. The van der Waals surface area contributed by atoms with Crippen molar-refractivity contribution >= 4 is 27.4 Å². The molecule has 1 aromatic rings. The molecule has 0 bridgehead atoms. The molecule has 1 aliphatic rings. The van der Waals surface area contributed by atoms with Gasteiger partial charge in [0.1, 0.15) is 10.7 Å². The van der Waals surface area contributed by atoms with Gasteiger partial charge in [0.25, 0.3) is 0 Å². The van der Waals surface area contributed by atoms with Crippen molar-refractivity contribution in [2.24, 2.45) is 0 Å². The third kappa shape index (κ3) is 2.32. The molecule has 1 atom stereocenters. The van der Waals surface area contributed by atoms with Gasteiger partial charge in [-0.1, -0.05) is 11.6 Å². The highest BCUT2D eigenvalue weighted by Crippen LogP contribution is 2.28. The fourth-order valence-electron chi connectivity index (χ4n) is 2.14. The third-order valence-corrected chi connectivity index (χ3v) is 5.42. The van der Waals surface area contributed by atoms with Gasteiger partial charge in [-0.2, -0.15) is 4.31 Å². The molecule has 0 amide bonds. The summed E-state index contributed by atoms with van der Waals surface area (Å²) in [6, 6.07) is 1.48. The molecule has 0 spiro atoms. The molecule has 1 N–H and O–H groups in total. The fraction of sp³-hybridized carbons (Fsp3) is 0.545. The van der Waals surface area contributed by atoms with Crippen molar-refractivity contribution < 1.29 is 8.42 Å². The molecule has 1 fully saturated rings. The lowest BCUT2D eigenvalue weighted by molar-refractivity contribution is 0.408. The number of halogens is 1. The van der Waals surface area contributed by atoms with E-state index < -0.39 is 10.0 Å². The van der Waals surface area contributed by atoms with Crippen LogP contribution < -0.4 is 5.32 Å². The van der Waals surface area contributed by atoms with E-state index in [-0.39, 0.29) is 10.9 Å². The highest BCUT2D eigenvalue weighted by Gasteiger charge is 2.33. The highest BCUT2D eigenvalue weighted by atomic mass is 35.5. The maximum absolute atomic E-state index is 12.4. The van der Waals surface area contributed by atoms with E-state index in [9.17, 15) is 8.42 Å². The summed E-state index contributed by atoms with van der Waals surface area (Å²) >= 11 is 5.97. The summed E-state index contributed by atoms with van der Waals surface area (Å²) in [6.07, 6.45) is 3.14. The van der Waals surface area contributed by atoms with Gasteiger partial charge in [-0.05, 0) is 25.8 Å². The van der Waals surface area contributed by atoms with E-state index in [1.165, 1.54) is 16.6 Å². The zero-order valence-electron chi connectivity index (χ0n) is 10.4. The number of sulfonamides is 1. The summed E-state index contributed by atoms with van der Waals surface area (Å²) < 4.78 is 26.3. The highest BCUT2D eigenvalue weighted by molar-refractivity contribution is 7.89. The Morgan fingerprint density at radius 3 is 2.78 bits per heavy atom. The second-order valence-corrected chi connectivity index (χ2v) is 6.66. The zero-order valence-corrected chi connectivity index (χ0v) is 11.9. The molecule has 18 heavy (non-hydrogen) atoms. The quantitative estimate of drug-likeness (QED) is 0.924. The number of nitrogens with one attached hydrogen (secondary N) is 1. The first-order chi connectivity index (χ1) is 8.46. The average molecular weight is 290 g/mol. The number of pyridine rings is 1. The molecule has 7 heteroatoms. The summed E-state index contributed by atoms with van der Waals surface area (Å²) in [5, 5.41) is 3.11. The van der Waals surface area contributed by atoms with Gasteiger partial charge in [-0.25, -0.2) is 13.4 Å². The van der Waals surface area contributed by atoms with Crippen LogP contribution >= 0.6 is 11.6 Å². The molecule has 2 rings (SSSR count). The van der Waals surface area contributed by atoms with Gasteiger partial charge in [-0.3, -0.25) is 0 Å². The maximum atomic E-state index is 12.4. The smallest absolute Gasteiger partial charge is 0.244 e. The Balaban J connectivity index is 2.38. The fourth-order valence-corrected chi connectivity index (χ4v) is 4.14. The Labute approximate surface area is 112 Å². The number of aromatic nitrogens is 1. The molecule has 5 nitrogen and oxygen atoms in total. The predicted octanol–water partition coefficient (Wildman–Crippen LogP) is 1.95. The molecule has 1 aliphatic heterocycles. The van der Waals surface area contributed by atoms with Crippen LogP contribution in [0.15, 0.2) is 17.2 Å². The van der Waals surface area contributed by atoms with Crippen molar-refractivity contribution in [3.63, 3.8) is 0 Å². The predicted molar refractivity (Wildman–Crippen MR) is 71.4 cm³/mol. The normalized spacial score (nSPS) is 21.2. The standard InChI is InChI=1S/C11H16ClN3O2S/c1-8-4-3-5-15(8)18(16,17)9-6-10(12)11(13-2)14-7-9/h6-8H,3-5H2,1-2H3,(H,13,14). The number of hydrogen-bond acceptors (Lipinski definition) is 4. The average Bonchev–Trinajstić information content (AvgIpc) is 2.76. The van der Waals surface area contributed by atoms with Crippen LogP contribution in [-0.4, -0.2) is 37.3 Å². The van der Waals surface area contributed by atoms with Crippen LogP contribution in [0.4, 0.5) is 5.82 Å². The molecule has 1 aromatic heterocycles. The molecule has 0 aliphatic carbocycles. The van der Waals surface area contributed by atoms with Crippen molar-refractivity contribution in [3.8, 4) is 0 Å². The van der Waals surface area contributed by atoms with Crippen LogP contribution in [0.2, 0.25) is 5.02 Å². The summed E-state index contributed by atoms with van der Waals surface area (Å²) in [5.74, 6) is 0.477. The van der Waals surface area contributed by atoms with Crippen LogP contribution in [0.5, 0.6) is 0 Å². The van der Waals surface area contributed by atoms with Gasteiger partial charge >= 0.3 is 0 Å². The monoisotopic (exact) mass is 289 g/mol. The van der Waals surface area contributed by atoms with Gasteiger partial charge < -0.3 is 5.32 Å². The van der Waals surface area contributed by atoms with Crippen molar-refractivity contribution in [2.75, 3.05) is 18.9 Å². The molecule has 2 heterocycles. The second kappa shape index (κ2) is 5.03. The van der Waals surface area contributed by atoms with E-state index in [2.05, 4.69) is 10.3 Å². The molecular formula is C11H16ClN3O2S. The first-order valence-corrected chi connectivity index (χ1v) is 7.63. The Kier molecular flexibility index (Phi) is 3.79. The number of nitrogens with zero attached hydrogens (tertiary/aromatic N) is 2. The van der Waals surface area contributed by atoms with Crippen molar-refractivity contribution in [3.05, 3.63) is 17.3 Å². The summed E-state index contributed by atoms with van der Waals surface area (Å²) in [6.45, 7) is 2.48. The van der Waals surface area contributed by atoms with Crippen LogP contribution in [0.1, 0.15) is 19.8 Å². The SMILES string of the molecule is CNc1ncc(S(=O)(=O)N2CCCC2C)cc1Cl. The van der Waals surface area contributed by atoms with E-state index in [0.29, 0.717) is 17.4 Å². The van der Waals surface area contributed by atoms with Gasteiger partial charge in [0.2, 0.25) is 10.0 Å². The van der Waals surface area contributed by atoms with Crippen LogP contribution in [0.3, 0.4) is 0 Å². The Hall–Kier alpha value is -0.850. The van der Waals surface area contributed by atoms with Crippen LogP contribution in [0, 0.1) is 0 Å². The molecule has 1 saturated heterocycles. The van der Waals surface area contributed by atoms with E-state index in [0.717, 1.165) is 12.8 Å². The molecule has 1 unspecified atom stereocenters. The first-order valence-electron chi connectivity index (χ1n) is 5.82. The van der Waals surface area contributed by atoms with Crippen molar-refractivity contribution in [1.29, 1.82) is 0 Å². The topological polar surface area (TPSA) is 62.3 Å². The minimum absolute atomic E-state index is 0.0396. The number of rotatable bonds is 3. The molecule has 100 valence electrons. The van der Waals surface area contributed by atoms with Gasteiger partial charge in [0.05, 0.1) is 5.02 Å². The van der Waals surface area contributed by atoms with Crippen LogP contribution in [0.25, 0.3) is 0 Å². The molecule has 0 saturated carbocycles. The van der Waals surface area contributed by atoms with E-state index in [1.54, 1.807) is 7.05 Å². The Morgan fingerprint density at radius 1 is 1.56 bits per heavy atom. The van der Waals surface area contributed by atoms with E-state index in [1.807, 2.05) is 6.92 Å². The minimum atomic E-state index is -3.48. The van der Waals surface area contributed by atoms with Crippen molar-refractivity contribution in [2.45, 2.75) is 30.7 Å². The Bertz CT molecular complexity index is 547. The number of anilines is 1. The van der Waals surface area contributed by atoms with Gasteiger partial charge in [0.15, 0.2) is 0 Å².